The number of rotatable bonds is 3. The number of nitrogens with one attached hydrogen (secondary N) is 1. The molecule has 3 heteroatoms. The molecule has 0 aromatic heterocycles. The van der Waals surface area contributed by atoms with Gasteiger partial charge in [0.2, 0.25) is 0 Å². The van der Waals surface area contributed by atoms with E-state index in [0.717, 1.165) is 37.9 Å². The minimum Gasteiger partial charge on any atom is -0.385 e. The second kappa shape index (κ2) is 5.10. The third-order valence-electron chi connectivity index (χ3n) is 3.10. The Morgan fingerprint density at radius 3 is 2.44 bits per heavy atom. The summed E-state index contributed by atoms with van der Waals surface area (Å²) in [6, 6.07) is 6.38. The summed E-state index contributed by atoms with van der Waals surface area (Å²) in [5, 5.41) is 3.28. The monoisotopic (exact) mass is 221 g/mol. The fourth-order valence-electron chi connectivity index (χ4n) is 2.03. The van der Waals surface area contributed by atoms with Gasteiger partial charge in [0.05, 0.1) is 0 Å². The smallest absolute Gasteiger partial charge is 0.132 e. The van der Waals surface area contributed by atoms with Crippen LogP contribution >= 0.6 is 0 Å². The lowest BCUT2D eigenvalue weighted by molar-refractivity contribution is -0.120. The van der Waals surface area contributed by atoms with Crippen molar-refractivity contribution in [3.8, 4) is 0 Å². The molecule has 0 atom stereocenters. The maximum Gasteiger partial charge on any atom is 0.132 e. The fourth-order valence-corrected chi connectivity index (χ4v) is 2.03. The Labute approximate surface area is 94.9 Å². The van der Waals surface area contributed by atoms with Crippen LogP contribution in [-0.4, -0.2) is 12.3 Å². The Morgan fingerprint density at radius 2 is 1.81 bits per heavy atom. The van der Waals surface area contributed by atoms with Crippen molar-refractivity contribution < 1.29 is 9.18 Å². The molecule has 1 fully saturated rings. The predicted octanol–water partition coefficient (Wildman–Crippen LogP) is 3.00. The molecule has 16 heavy (non-hydrogen) atoms. The van der Waals surface area contributed by atoms with Gasteiger partial charge >= 0.3 is 0 Å². The quantitative estimate of drug-likeness (QED) is 0.850. The van der Waals surface area contributed by atoms with Crippen LogP contribution in [0.4, 0.5) is 10.1 Å². The molecule has 1 aliphatic rings. The van der Waals surface area contributed by atoms with Crippen molar-refractivity contribution in [1.82, 2.24) is 0 Å². The largest absolute Gasteiger partial charge is 0.385 e. The van der Waals surface area contributed by atoms with Gasteiger partial charge in [-0.2, -0.15) is 0 Å². The first-order valence-electron chi connectivity index (χ1n) is 5.75. The van der Waals surface area contributed by atoms with Gasteiger partial charge in [0, 0.05) is 25.1 Å². The van der Waals surface area contributed by atoms with Crippen LogP contribution in [0.3, 0.4) is 0 Å². The van der Waals surface area contributed by atoms with E-state index in [9.17, 15) is 9.18 Å². The summed E-state index contributed by atoms with van der Waals surface area (Å²) in [4.78, 5) is 11.1. The van der Waals surface area contributed by atoms with Crippen molar-refractivity contribution in [3.05, 3.63) is 30.1 Å². The maximum atomic E-state index is 12.7. The van der Waals surface area contributed by atoms with Gasteiger partial charge in [0.25, 0.3) is 0 Å². The summed E-state index contributed by atoms with van der Waals surface area (Å²) in [5.74, 6) is 0.745. The number of ketones is 1. The summed E-state index contributed by atoms with van der Waals surface area (Å²) < 4.78 is 12.7. The first kappa shape index (κ1) is 11.1. The molecule has 1 N–H and O–H groups in total. The van der Waals surface area contributed by atoms with E-state index in [1.807, 2.05) is 0 Å². The van der Waals surface area contributed by atoms with Gasteiger partial charge in [-0.1, -0.05) is 0 Å². The number of hydrogen-bond donors (Lipinski definition) is 1. The van der Waals surface area contributed by atoms with E-state index in [-0.39, 0.29) is 5.82 Å². The van der Waals surface area contributed by atoms with Crippen LogP contribution < -0.4 is 5.32 Å². The first-order valence-corrected chi connectivity index (χ1v) is 5.75. The van der Waals surface area contributed by atoms with Gasteiger partial charge in [-0.3, -0.25) is 4.79 Å². The van der Waals surface area contributed by atoms with E-state index >= 15 is 0 Å². The molecule has 2 nitrogen and oxygen atoms in total. The number of hydrogen-bond acceptors (Lipinski definition) is 2. The van der Waals surface area contributed by atoms with Crippen LogP contribution in [0.2, 0.25) is 0 Å². The topological polar surface area (TPSA) is 29.1 Å². The molecular weight excluding hydrogens is 205 g/mol. The molecule has 0 spiro atoms. The third-order valence-corrected chi connectivity index (χ3v) is 3.10. The van der Waals surface area contributed by atoms with E-state index in [2.05, 4.69) is 5.32 Å². The molecular formula is C13H16FNO. The number of carbonyl (C=O) groups excluding carboxylic acids is 1. The molecule has 1 aliphatic carbocycles. The number of Topliss-reactive ketones (excluding diaryl/α,β-unsaturated/α-hetero) is 1. The fraction of sp³-hybridized carbons (Fsp3) is 0.462. The van der Waals surface area contributed by atoms with Gasteiger partial charge in [-0.25, -0.2) is 4.39 Å². The van der Waals surface area contributed by atoms with Crippen molar-refractivity contribution in [1.29, 1.82) is 0 Å². The van der Waals surface area contributed by atoms with E-state index in [0.29, 0.717) is 11.7 Å². The molecule has 1 saturated carbocycles. The molecule has 86 valence electrons. The van der Waals surface area contributed by atoms with Gasteiger partial charge in [-0.15, -0.1) is 0 Å². The highest BCUT2D eigenvalue weighted by Crippen LogP contribution is 2.22. The predicted molar refractivity (Wildman–Crippen MR) is 61.9 cm³/mol. The van der Waals surface area contributed by atoms with E-state index in [4.69, 9.17) is 0 Å². The SMILES string of the molecule is O=C1CCC(CNc2ccc(F)cc2)CC1. The number of halogens is 1. The summed E-state index contributed by atoms with van der Waals surface area (Å²) >= 11 is 0. The molecule has 0 heterocycles. The molecule has 0 amide bonds. The minimum absolute atomic E-state index is 0.214. The van der Waals surface area contributed by atoms with Gasteiger partial charge in [0.1, 0.15) is 11.6 Å². The van der Waals surface area contributed by atoms with Crippen molar-refractivity contribution in [2.24, 2.45) is 5.92 Å². The lowest BCUT2D eigenvalue weighted by atomic mass is 9.88. The summed E-state index contributed by atoms with van der Waals surface area (Å²) in [5.41, 5.74) is 0.943. The zero-order valence-corrected chi connectivity index (χ0v) is 9.21. The minimum atomic E-state index is -0.214. The first-order chi connectivity index (χ1) is 7.74. The highest BCUT2D eigenvalue weighted by Gasteiger charge is 2.18. The molecule has 0 radical (unpaired) electrons. The van der Waals surface area contributed by atoms with Crippen molar-refractivity contribution in [3.63, 3.8) is 0 Å². The maximum absolute atomic E-state index is 12.7. The Kier molecular flexibility index (Phi) is 3.54. The zero-order valence-electron chi connectivity index (χ0n) is 9.21. The van der Waals surface area contributed by atoms with E-state index in [1.165, 1.54) is 12.1 Å². The lowest BCUT2D eigenvalue weighted by Crippen LogP contribution is -2.20. The van der Waals surface area contributed by atoms with Crippen LogP contribution in [0.5, 0.6) is 0 Å². The van der Waals surface area contributed by atoms with Gasteiger partial charge in [0.15, 0.2) is 0 Å². The summed E-state index contributed by atoms with van der Waals surface area (Å²) in [6.45, 7) is 0.874. The lowest BCUT2D eigenvalue weighted by Gasteiger charge is -2.21. The van der Waals surface area contributed by atoms with Crippen LogP contribution in [0.15, 0.2) is 24.3 Å². The van der Waals surface area contributed by atoms with Crippen molar-refractivity contribution in [2.75, 3.05) is 11.9 Å². The molecule has 0 saturated heterocycles. The Balaban J connectivity index is 1.79. The normalized spacial score (nSPS) is 17.4. The van der Waals surface area contributed by atoms with E-state index < -0.39 is 0 Å². The van der Waals surface area contributed by atoms with Crippen LogP contribution in [0.1, 0.15) is 25.7 Å². The Hall–Kier alpha value is -1.38. The van der Waals surface area contributed by atoms with Crippen LogP contribution in [0.25, 0.3) is 0 Å². The Bertz CT molecular complexity index is 351. The molecule has 0 bridgehead atoms. The van der Waals surface area contributed by atoms with Crippen LogP contribution in [0, 0.1) is 11.7 Å². The molecule has 0 unspecified atom stereocenters. The molecule has 1 aromatic carbocycles. The second-order valence-corrected chi connectivity index (χ2v) is 4.37. The van der Waals surface area contributed by atoms with Crippen molar-refractivity contribution >= 4 is 11.5 Å². The standard InChI is InChI=1S/C13H16FNO/c14-11-3-5-12(6-4-11)15-9-10-1-7-13(16)8-2-10/h3-6,10,15H,1-2,7-9H2. The van der Waals surface area contributed by atoms with Gasteiger partial charge in [-0.05, 0) is 43.0 Å². The highest BCUT2D eigenvalue weighted by molar-refractivity contribution is 5.79. The average molecular weight is 221 g/mol. The Morgan fingerprint density at radius 1 is 1.19 bits per heavy atom. The molecule has 2 rings (SSSR count). The zero-order chi connectivity index (χ0) is 11.4. The van der Waals surface area contributed by atoms with Crippen LogP contribution in [-0.2, 0) is 4.79 Å². The van der Waals surface area contributed by atoms with Gasteiger partial charge < -0.3 is 5.32 Å². The summed E-state index contributed by atoms with van der Waals surface area (Å²) in [6.07, 6.45) is 3.39. The van der Waals surface area contributed by atoms with Crippen molar-refractivity contribution in [2.45, 2.75) is 25.7 Å². The van der Waals surface area contributed by atoms with E-state index in [1.54, 1.807) is 12.1 Å². The summed E-state index contributed by atoms with van der Waals surface area (Å²) in [7, 11) is 0. The molecule has 1 aromatic rings. The number of carbonyl (C=O) groups is 1. The molecule has 0 aliphatic heterocycles. The third kappa shape index (κ3) is 3.05. The number of benzene rings is 1. The average Bonchev–Trinajstić information content (AvgIpc) is 2.30. The highest BCUT2D eigenvalue weighted by atomic mass is 19.1. The number of anilines is 1. The second-order valence-electron chi connectivity index (χ2n) is 4.37.